The Morgan fingerprint density at radius 3 is 2.90 bits per heavy atom. The molecule has 1 heterocycles. The van der Waals surface area contributed by atoms with Crippen LogP contribution in [0.25, 0.3) is 10.9 Å². The van der Waals surface area contributed by atoms with Crippen LogP contribution >= 0.6 is 15.9 Å². The molecule has 1 aromatic carbocycles. The third-order valence-electron chi connectivity index (χ3n) is 3.94. The highest BCUT2D eigenvalue weighted by Crippen LogP contribution is 2.39. The minimum atomic E-state index is 0.376. The van der Waals surface area contributed by atoms with E-state index in [1.807, 2.05) is 0 Å². The topological polar surface area (TPSA) is 24.9 Å². The second kappa shape index (κ2) is 6.23. The number of nitrogens with one attached hydrogen (secondary N) is 1. The fourth-order valence-electron chi connectivity index (χ4n) is 2.65. The Labute approximate surface area is 129 Å². The third kappa shape index (κ3) is 3.21. The standard InChI is InChI=1S/C17H21BrN2/c1-2-9-19-16(10-12-7-8-12)17-14(18)11-13-5-3-4-6-15(13)20-17/h3-6,11-12,16,19H,2,7-10H2,1H3. The predicted octanol–water partition coefficient (Wildman–Crippen LogP) is 4.84. The van der Waals surface area contributed by atoms with Gasteiger partial charge >= 0.3 is 0 Å². The van der Waals surface area contributed by atoms with Gasteiger partial charge in [-0.1, -0.05) is 38.0 Å². The van der Waals surface area contributed by atoms with Gasteiger partial charge in [0, 0.05) is 9.86 Å². The molecule has 2 aromatic rings. The summed E-state index contributed by atoms with van der Waals surface area (Å²) in [6.45, 7) is 3.27. The summed E-state index contributed by atoms with van der Waals surface area (Å²) in [6.07, 6.45) is 5.14. The summed E-state index contributed by atoms with van der Waals surface area (Å²) >= 11 is 3.72. The maximum Gasteiger partial charge on any atom is 0.0722 e. The smallest absolute Gasteiger partial charge is 0.0722 e. The maximum atomic E-state index is 4.90. The number of halogens is 1. The van der Waals surface area contributed by atoms with Crippen molar-refractivity contribution in [1.82, 2.24) is 10.3 Å². The minimum Gasteiger partial charge on any atom is -0.309 e. The van der Waals surface area contributed by atoms with E-state index in [9.17, 15) is 0 Å². The van der Waals surface area contributed by atoms with Gasteiger partial charge in [-0.05, 0) is 53.4 Å². The van der Waals surface area contributed by atoms with Crippen molar-refractivity contribution in [2.24, 2.45) is 5.92 Å². The number of hydrogen-bond acceptors (Lipinski definition) is 2. The van der Waals surface area contributed by atoms with Crippen LogP contribution in [0, 0.1) is 5.92 Å². The molecule has 1 N–H and O–H groups in total. The van der Waals surface area contributed by atoms with Crippen LogP contribution in [0.2, 0.25) is 0 Å². The van der Waals surface area contributed by atoms with E-state index in [0.717, 1.165) is 28.9 Å². The Kier molecular flexibility index (Phi) is 4.37. The monoisotopic (exact) mass is 332 g/mol. The van der Waals surface area contributed by atoms with Crippen LogP contribution < -0.4 is 5.32 Å². The summed E-state index contributed by atoms with van der Waals surface area (Å²) in [5.41, 5.74) is 2.26. The molecule has 0 saturated heterocycles. The number of nitrogens with zero attached hydrogens (tertiary/aromatic N) is 1. The number of aromatic nitrogens is 1. The maximum absolute atomic E-state index is 4.90. The summed E-state index contributed by atoms with van der Waals surface area (Å²) in [6, 6.07) is 10.9. The molecular weight excluding hydrogens is 312 g/mol. The molecule has 1 unspecified atom stereocenters. The van der Waals surface area contributed by atoms with Gasteiger partial charge in [-0.15, -0.1) is 0 Å². The fraction of sp³-hybridized carbons (Fsp3) is 0.471. The van der Waals surface area contributed by atoms with Gasteiger partial charge in [0.1, 0.15) is 0 Å². The van der Waals surface area contributed by atoms with Crippen LogP contribution in [-0.4, -0.2) is 11.5 Å². The van der Waals surface area contributed by atoms with E-state index in [4.69, 9.17) is 4.98 Å². The van der Waals surface area contributed by atoms with Gasteiger partial charge in [-0.2, -0.15) is 0 Å². The first-order valence-corrected chi connectivity index (χ1v) is 8.35. The predicted molar refractivity (Wildman–Crippen MR) is 87.8 cm³/mol. The van der Waals surface area contributed by atoms with Crippen LogP contribution in [0.1, 0.15) is 44.3 Å². The average Bonchev–Trinajstić information content (AvgIpc) is 3.27. The van der Waals surface area contributed by atoms with E-state index in [1.165, 1.54) is 30.3 Å². The number of benzene rings is 1. The molecule has 3 rings (SSSR count). The quantitative estimate of drug-likeness (QED) is 0.818. The Morgan fingerprint density at radius 2 is 2.15 bits per heavy atom. The zero-order valence-corrected chi connectivity index (χ0v) is 13.5. The molecule has 1 fully saturated rings. The van der Waals surface area contributed by atoms with Crippen LogP contribution in [-0.2, 0) is 0 Å². The first kappa shape index (κ1) is 14.0. The van der Waals surface area contributed by atoms with Gasteiger partial charge in [0.25, 0.3) is 0 Å². The van der Waals surface area contributed by atoms with Gasteiger partial charge in [-0.3, -0.25) is 0 Å². The average molecular weight is 333 g/mol. The molecule has 1 aliphatic rings. The van der Waals surface area contributed by atoms with Crippen molar-refractivity contribution in [3.05, 3.63) is 40.5 Å². The number of para-hydroxylation sites is 1. The highest BCUT2D eigenvalue weighted by molar-refractivity contribution is 9.10. The van der Waals surface area contributed by atoms with Crippen molar-refractivity contribution < 1.29 is 0 Å². The Morgan fingerprint density at radius 1 is 1.35 bits per heavy atom. The summed E-state index contributed by atoms with van der Waals surface area (Å²) in [4.78, 5) is 4.90. The molecular formula is C17H21BrN2. The molecule has 106 valence electrons. The molecule has 1 aliphatic carbocycles. The van der Waals surface area contributed by atoms with E-state index in [-0.39, 0.29) is 0 Å². The molecule has 1 saturated carbocycles. The lowest BCUT2D eigenvalue weighted by molar-refractivity contribution is 0.464. The fourth-order valence-corrected chi connectivity index (χ4v) is 3.26. The molecule has 1 atom stereocenters. The van der Waals surface area contributed by atoms with Crippen molar-refractivity contribution in [3.63, 3.8) is 0 Å². The Balaban J connectivity index is 1.93. The molecule has 1 aromatic heterocycles. The largest absolute Gasteiger partial charge is 0.309 e. The second-order valence-corrected chi connectivity index (χ2v) is 6.59. The number of fused-ring (bicyclic) bond motifs is 1. The minimum absolute atomic E-state index is 0.376. The highest BCUT2D eigenvalue weighted by atomic mass is 79.9. The molecule has 3 heteroatoms. The van der Waals surface area contributed by atoms with Crippen molar-refractivity contribution >= 4 is 26.8 Å². The summed E-state index contributed by atoms with van der Waals surface area (Å²) in [5.74, 6) is 0.893. The van der Waals surface area contributed by atoms with Crippen LogP contribution in [0.3, 0.4) is 0 Å². The van der Waals surface area contributed by atoms with Crippen LogP contribution in [0.4, 0.5) is 0 Å². The molecule has 0 amide bonds. The van der Waals surface area contributed by atoms with Gasteiger partial charge in [0.05, 0.1) is 17.3 Å². The first-order valence-electron chi connectivity index (χ1n) is 7.56. The second-order valence-electron chi connectivity index (χ2n) is 5.73. The lowest BCUT2D eigenvalue weighted by atomic mass is 10.0. The number of hydrogen-bond donors (Lipinski definition) is 1. The molecule has 0 bridgehead atoms. The normalized spacial score (nSPS) is 16.5. The molecule has 2 nitrogen and oxygen atoms in total. The molecule has 0 aliphatic heterocycles. The van der Waals surface area contributed by atoms with Crippen molar-refractivity contribution in [2.75, 3.05) is 6.54 Å². The summed E-state index contributed by atoms with van der Waals surface area (Å²) < 4.78 is 1.13. The third-order valence-corrected chi connectivity index (χ3v) is 4.58. The van der Waals surface area contributed by atoms with Gasteiger partial charge in [0.15, 0.2) is 0 Å². The highest BCUT2D eigenvalue weighted by Gasteiger charge is 2.27. The van der Waals surface area contributed by atoms with E-state index in [1.54, 1.807) is 0 Å². The van der Waals surface area contributed by atoms with E-state index < -0.39 is 0 Å². The van der Waals surface area contributed by atoms with Crippen molar-refractivity contribution in [2.45, 2.75) is 38.6 Å². The molecule has 0 radical (unpaired) electrons. The lowest BCUT2D eigenvalue weighted by Gasteiger charge is -2.19. The zero-order chi connectivity index (χ0) is 13.9. The molecule has 0 spiro atoms. The van der Waals surface area contributed by atoms with Crippen molar-refractivity contribution in [3.8, 4) is 0 Å². The zero-order valence-electron chi connectivity index (χ0n) is 11.9. The molecule has 20 heavy (non-hydrogen) atoms. The lowest BCUT2D eigenvalue weighted by Crippen LogP contribution is -2.24. The van der Waals surface area contributed by atoms with Gasteiger partial charge in [0.2, 0.25) is 0 Å². The van der Waals surface area contributed by atoms with E-state index in [2.05, 4.69) is 58.5 Å². The number of rotatable bonds is 6. The van der Waals surface area contributed by atoms with Crippen LogP contribution in [0.5, 0.6) is 0 Å². The van der Waals surface area contributed by atoms with Crippen molar-refractivity contribution in [1.29, 1.82) is 0 Å². The Bertz CT molecular complexity index is 593. The number of pyridine rings is 1. The SMILES string of the molecule is CCCNC(CC1CC1)c1nc2ccccc2cc1Br. The summed E-state index contributed by atoms with van der Waals surface area (Å²) in [5, 5.41) is 4.87. The van der Waals surface area contributed by atoms with Crippen LogP contribution in [0.15, 0.2) is 34.8 Å². The summed E-state index contributed by atoms with van der Waals surface area (Å²) in [7, 11) is 0. The Hall–Kier alpha value is -0.930. The van der Waals surface area contributed by atoms with E-state index >= 15 is 0 Å². The first-order chi connectivity index (χ1) is 9.78. The van der Waals surface area contributed by atoms with Gasteiger partial charge < -0.3 is 5.32 Å². The van der Waals surface area contributed by atoms with Gasteiger partial charge in [-0.25, -0.2) is 4.98 Å². The van der Waals surface area contributed by atoms with E-state index in [0.29, 0.717) is 6.04 Å².